The summed E-state index contributed by atoms with van der Waals surface area (Å²) in [6.45, 7) is 1.24. The molecule has 6 rings (SSSR count). The van der Waals surface area contributed by atoms with Crippen molar-refractivity contribution in [2.45, 2.75) is 38.0 Å². The van der Waals surface area contributed by atoms with Gasteiger partial charge in [-0.1, -0.05) is 121 Å². The van der Waals surface area contributed by atoms with Crippen LogP contribution in [0.25, 0.3) is 0 Å². The second-order valence-corrected chi connectivity index (χ2v) is 13.6. The average Bonchev–Trinajstić information content (AvgIpc) is 3.50. The minimum absolute atomic E-state index is 0.216. The third-order valence-electron chi connectivity index (χ3n) is 7.56. The smallest absolute Gasteiger partial charge is 0.463 e. The molecule has 0 saturated carbocycles. The van der Waals surface area contributed by atoms with Gasteiger partial charge in [-0.2, -0.15) is 0 Å². The Morgan fingerprint density at radius 3 is 1.18 bits per heavy atom. The van der Waals surface area contributed by atoms with Crippen molar-refractivity contribution in [3.8, 4) is 0 Å². The molecule has 2 atom stereocenters. The van der Waals surface area contributed by atoms with Crippen LogP contribution in [0.1, 0.15) is 22.3 Å². The molecule has 0 aliphatic carbocycles. The summed E-state index contributed by atoms with van der Waals surface area (Å²) in [7, 11) is -2.57. The topological polar surface area (TPSA) is 43.2 Å². The van der Waals surface area contributed by atoms with Crippen molar-refractivity contribution in [3.05, 3.63) is 144 Å². The zero-order chi connectivity index (χ0) is 26.3. The number of rotatable bonds is 8. The van der Waals surface area contributed by atoms with Crippen molar-refractivity contribution in [2.24, 2.45) is 21.8 Å². The van der Waals surface area contributed by atoms with Crippen LogP contribution in [0.4, 0.5) is 0 Å². The summed E-state index contributed by atoms with van der Waals surface area (Å²) in [5.41, 5.74) is 4.99. The van der Waals surface area contributed by atoms with Crippen LogP contribution < -0.4 is 0 Å². The van der Waals surface area contributed by atoms with E-state index in [-0.39, 0.29) is 11.8 Å². The van der Waals surface area contributed by atoms with E-state index in [1.807, 2.05) is 12.1 Å². The number of nitrogens with zero attached hydrogens (tertiary/aromatic N) is 2. The van der Waals surface area contributed by atoms with Crippen LogP contribution in [-0.4, -0.2) is 20.4 Å². The molecule has 0 bridgehead atoms. The fourth-order valence-corrected chi connectivity index (χ4v) is 9.59. The average molecular weight is 531 g/mol. The molecule has 5 heteroatoms. The summed E-state index contributed by atoms with van der Waals surface area (Å²) in [4.78, 5) is 10.1. The lowest BCUT2D eigenvalue weighted by molar-refractivity contribution is 0.403. The van der Waals surface area contributed by atoms with Crippen LogP contribution in [0.2, 0.25) is 12.1 Å². The van der Waals surface area contributed by atoms with Gasteiger partial charge in [0, 0.05) is 23.9 Å². The molecular formula is C34H34N2O2Si. The van der Waals surface area contributed by atoms with Crippen molar-refractivity contribution in [2.75, 3.05) is 0 Å². The van der Waals surface area contributed by atoms with Crippen molar-refractivity contribution in [1.82, 2.24) is 0 Å². The highest BCUT2D eigenvalue weighted by Gasteiger charge is 2.59. The maximum absolute atomic E-state index is 6.85. The summed E-state index contributed by atoms with van der Waals surface area (Å²) < 4.78 is 13.7. The molecule has 2 fully saturated rings. The Morgan fingerprint density at radius 2 is 0.821 bits per heavy atom. The number of hydrogen-bond donors (Lipinski definition) is 0. The lowest BCUT2D eigenvalue weighted by atomic mass is 10.0. The van der Waals surface area contributed by atoms with Gasteiger partial charge in [0.25, 0.3) is 0 Å². The minimum atomic E-state index is -2.57. The molecule has 4 aromatic carbocycles. The molecule has 4 aromatic rings. The van der Waals surface area contributed by atoms with Gasteiger partial charge >= 0.3 is 8.56 Å². The first-order valence-electron chi connectivity index (χ1n) is 13.9. The van der Waals surface area contributed by atoms with Crippen LogP contribution in [0.15, 0.2) is 131 Å². The quantitative estimate of drug-likeness (QED) is 0.223. The number of aliphatic imine (C=N–C) groups is 2. The van der Waals surface area contributed by atoms with Gasteiger partial charge in [-0.3, -0.25) is 9.98 Å². The largest absolute Gasteiger partial charge is 0.501 e. The molecule has 2 aliphatic heterocycles. The van der Waals surface area contributed by atoms with E-state index in [0.717, 1.165) is 36.7 Å². The van der Waals surface area contributed by atoms with Crippen LogP contribution in [0.5, 0.6) is 0 Å². The molecule has 2 saturated heterocycles. The SMILES string of the molecule is c1ccc(CN=C2O[Si]3(C[C@H]2Cc2ccccc2)C[C@@H](Cc2ccccc2)C(=NCc2ccccc2)O3)cc1. The molecule has 196 valence electrons. The van der Waals surface area contributed by atoms with Crippen molar-refractivity contribution >= 4 is 20.4 Å². The Labute approximate surface area is 232 Å². The van der Waals surface area contributed by atoms with Crippen LogP contribution in [-0.2, 0) is 34.8 Å². The lowest BCUT2D eigenvalue weighted by Gasteiger charge is -2.17. The zero-order valence-electron chi connectivity index (χ0n) is 22.2. The fraction of sp³-hybridized carbons (Fsp3) is 0.235. The number of benzene rings is 4. The fourth-order valence-electron chi connectivity index (χ4n) is 5.69. The summed E-state index contributed by atoms with van der Waals surface area (Å²) >= 11 is 0. The third-order valence-corrected chi connectivity index (χ3v) is 11.0. The molecule has 0 radical (unpaired) electrons. The Kier molecular flexibility index (Phi) is 7.68. The molecule has 2 aliphatic rings. The van der Waals surface area contributed by atoms with E-state index < -0.39 is 8.56 Å². The van der Waals surface area contributed by atoms with E-state index in [4.69, 9.17) is 18.8 Å². The van der Waals surface area contributed by atoms with E-state index in [0.29, 0.717) is 13.1 Å². The Bertz CT molecular complexity index is 1300. The third kappa shape index (κ3) is 6.37. The van der Waals surface area contributed by atoms with Gasteiger partial charge in [0.1, 0.15) is 0 Å². The highest BCUT2D eigenvalue weighted by atomic mass is 28.4. The van der Waals surface area contributed by atoms with Crippen molar-refractivity contribution < 1.29 is 8.85 Å². The predicted molar refractivity (Wildman–Crippen MR) is 160 cm³/mol. The van der Waals surface area contributed by atoms with Crippen LogP contribution in [0, 0.1) is 11.8 Å². The summed E-state index contributed by atoms with van der Waals surface area (Å²) in [5.74, 6) is 2.15. The summed E-state index contributed by atoms with van der Waals surface area (Å²) in [5, 5.41) is 0. The van der Waals surface area contributed by atoms with Gasteiger partial charge in [0.15, 0.2) is 11.8 Å². The van der Waals surface area contributed by atoms with Crippen LogP contribution >= 0.6 is 0 Å². The Hall–Kier alpha value is -3.96. The van der Waals surface area contributed by atoms with Gasteiger partial charge in [-0.05, 0) is 35.1 Å². The number of hydrogen-bond acceptors (Lipinski definition) is 4. The van der Waals surface area contributed by atoms with Crippen molar-refractivity contribution in [3.63, 3.8) is 0 Å². The highest BCUT2D eigenvalue weighted by Crippen LogP contribution is 2.43. The Balaban J connectivity index is 1.28. The molecular weight excluding hydrogens is 496 g/mol. The standard InChI is InChI=1S/C34H34N2O2Si/c1-5-13-27(14-6-1)21-31-25-39(37-33(31)35-23-29-17-9-3-10-18-29)26-32(22-28-15-7-2-8-16-28)34(38-39)36-24-30-19-11-4-12-20-30/h1-20,31-32H,21-26H2/t31-,32-,39?/m1/s1. The maximum atomic E-state index is 6.85. The van der Waals surface area contributed by atoms with E-state index in [1.54, 1.807) is 0 Å². The molecule has 0 aromatic heterocycles. The minimum Gasteiger partial charge on any atom is -0.501 e. The molecule has 0 unspecified atom stereocenters. The van der Waals surface area contributed by atoms with Gasteiger partial charge in [0.05, 0.1) is 13.1 Å². The predicted octanol–water partition coefficient (Wildman–Crippen LogP) is 7.40. The maximum Gasteiger partial charge on any atom is 0.463 e. The molecule has 0 amide bonds. The highest BCUT2D eigenvalue weighted by molar-refractivity contribution is 6.74. The second-order valence-electron chi connectivity index (χ2n) is 10.6. The second kappa shape index (κ2) is 11.8. The lowest BCUT2D eigenvalue weighted by Crippen LogP contribution is -2.34. The van der Waals surface area contributed by atoms with E-state index >= 15 is 0 Å². The molecule has 2 heterocycles. The molecule has 39 heavy (non-hydrogen) atoms. The Morgan fingerprint density at radius 1 is 0.487 bits per heavy atom. The molecule has 0 N–H and O–H groups in total. The van der Waals surface area contributed by atoms with Gasteiger partial charge in [0.2, 0.25) is 0 Å². The van der Waals surface area contributed by atoms with E-state index in [9.17, 15) is 0 Å². The van der Waals surface area contributed by atoms with Gasteiger partial charge in [-0.15, -0.1) is 0 Å². The zero-order valence-corrected chi connectivity index (χ0v) is 23.2. The van der Waals surface area contributed by atoms with Gasteiger partial charge < -0.3 is 8.85 Å². The normalized spacial score (nSPS) is 24.2. The molecule has 1 spiro atoms. The first-order chi connectivity index (χ1) is 19.2. The van der Waals surface area contributed by atoms with E-state index in [2.05, 4.69) is 109 Å². The van der Waals surface area contributed by atoms with Gasteiger partial charge in [-0.25, -0.2) is 0 Å². The molecule has 4 nitrogen and oxygen atoms in total. The first kappa shape index (κ1) is 25.3. The van der Waals surface area contributed by atoms with Crippen molar-refractivity contribution in [1.29, 1.82) is 0 Å². The van der Waals surface area contributed by atoms with Crippen LogP contribution in [0.3, 0.4) is 0 Å². The first-order valence-corrected chi connectivity index (χ1v) is 16.1. The summed E-state index contributed by atoms with van der Waals surface area (Å²) in [6.07, 6.45) is 1.82. The summed E-state index contributed by atoms with van der Waals surface area (Å²) in [6, 6.07) is 44.0. The monoisotopic (exact) mass is 530 g/mol. The van der Waals surface area contributed by atoms with E-state index in [1.165, 1.54) is 22.3 Å².